The minimum atomic E-state index is -0.0707. The lowest BCUT2D eigenvalue weighted by atomic mass is 9.98. The second-order valence-corrected chi connectivity index (χ2v) is 6.51. The van der Waals surface area contributed by atoms with E-state index in [9.17, 15) is 4.79 Å². The van der Waals surface area contributed by atoms with Crippen molar-refractivity contribution in [3.8, 4) is 5.75 Å². The van der Waals surface area contributed by atoms with Gasteiger partial charge in [-0.1, -0.05) is 37.3 Å². The van der Waals surface area contributed by atoms with Crippen LogP contribution in [0, 0.1) is 0 Å². The topological polar surface area (TPSA) is 74.8 Å². The summed E-state index contributed by atoms with van der Waals surface area (Å²) in [5.74, 6) is 1.97. The highest BCUT2D eigenvalue weighted by Gasteiger charge is 2.07. The molecular formula is C22H31IN4O2. The van der Waals surface area contributed by atoms with Gasteiger partial charge in [-0.05, 0) is 42.2 Å². The quantitative estimate of drug-likeness (QED) is 0.209. The van der Waals surface area contributed by atoms with Crippen molar-refractivity contribution in [3.63, 3.8) is 0 Å². The number of benzene rings is 2. The number of methoxy groups -OCH3 is 1. The predicted octanol–water partition coefficient (Wildman–Crippen LogP) is 3.40. The number of nitrogens with one attached hydrogen (secondary N) is 3. The zero-order chi connectivity index (χ0) is 20.2. The molecule has 0 aliphatic heterocycles. The molecule has 0 bridgehead atoms. The zero-order valence-electron chi connectivity index (χ0n) is 17.3. The summed E-state index contributed by atoms with van der Waals surface area (Å²) >= 11 is 0. The number of ether oxygens (including phenoxy) is 1. The number of rotatable bonds is 9. The van der Waals surface area contributed by atoms with E-state index in [0.717, 1.165) is 24.7 Å². The molecule has 0 saturated heterocycles. The van der Waals surface area contributed by atoms with E-state index in [-0.39, 0.29) is 29.9 Å². The molecule has 0 radical (unpaired) electrons. The predicted molar refractivity (Wildman–Crippen MR) is 130 cm³/mol. The molecule has 2 aromatic rings. The summed E-state index contributed by atoms with van der Waals surface area (Å²) in [5.41, 5.74) is 1.95. The minimum Gasteiger partial charge on any atom is -0.497 e. The number of amides is 1. The lowest BCUT2D eigenvalue weighted by molar-refractivity contribution is 0.0954. The Morgan fingerprint density at radius 2 is 1.59 bits per heavy atom. The van der Waals surface area contributed by atoms with Gasteiger partial charge in [0.1, 0.15) is 5.75 Å². The lowest BCUT2D eigenvalue weighted by Crippen LogP contribution is -2.42. The van der Waals surface area contributed by atoms with Crippen molar-refractivity contribution in [1.29, 1.82) is 0 Å². The third-order valence-electron chi connectivity index (χ3n) is 4.52. The van der Waals surface area contributed by atoms with Crippen LogP contribution >= 0.6 is 24.0 Å². The van der Waals surface area contributed by atoms with Crippen LogP contribution < -0.4 is 20.7 Å². The van der Waals surface area contributed by atoms with E-state index in [0.29, 0.717) is 24.6 Å². The number of hydrogen-bond donors (Lipinski definition) is 3. The minimum absolute atomic E-state index is 0. The fourth-order valence-electron chi connectivity index (χ4n) is 2.78. The molecule has 1 atom stereocenters. The Balaban J connectivity index is 0.00000420. The van der Waals surface area contributed by atoms with Gasteiger partial charge in [-0.2, -0.15) is 0 Å². The van der Waals surface area contributed by atoms with Crippen LogP contribution in [0.15, 0.2) is 59.6 Å². The highest BCUT2D eigenvalue weighted by molar-refractivity contribution is 14.0. The average molecular weight is 510 g/mol. The molecule has 7 heteroatoms. The molecule has 1 amide bonds. The molecule has 2 rings (SSSR count). The molecule has 1 unspecified atom stereocenters. The molecule has 29 heavy (non-hydrogen) atoms. The summed E-state index contributed by atoms with van der Waals surface area (Å²) < 4.78 is 5.20. The first-order valence-corrected chi connectivity index (χ1v) is 9.55. The van der Waals surface area contributed by atoms with E-state index < -0.39 is 0 Å². The summed E-state index contributed by atoms with van der Waals surface area (Å²) in [6.07, 6.45) is 0.984. The van der Waals surface area contributed by atoms with Gasteiger partial charge in [-0.25, -0.2) is 0 Å². The third kappa shape index (κ3) is 8.72. The van der Waals surface area contributed by atoms with E-state index in [4.69, 9.17) is 4.74 Å². The highest BCUT2D eigenvalue weighted by atomic mass is 127. The maximum absolute atomic E-state index is 12.0. The van der Waals surface area contributed by atoms with Crippen molar-refractivity contribution in [2.45, 2.75) is 19.3 Å². The van der Waals surface area contributed by atoms with Crippen LogP contribution in [0.4, 0.5) is 0 Å². The van der Waals surface area contributed by atoms with Crippen molar-refractivity contribution in [1.82, 2.24) is 16.0 Å². The molecule has 3 N–H and O–H groups in total. The van der Waals surface area contributed by atoms with Gasteiger partial charge in [0.05, 0.1) is 7.11 Å². The van der Waals surface area contributed by atoms with Gasteiger partial charge < -0.3 is 20.7 Å². The largest absolute Gasteiger partial charge is 0.497 e. The monoisotopic (exact) mass is 510 g/mol. The first-order chi connectivity index (χ1) is 13.6. The van der Waals surface area contributed by atoms with Gasteiger partial charge in [-0.3, -0.25) is 9.79 Å². The van der Waals surface area contributed by atoms with Gasteiger partial charge in [0.2, 0.25) is 0 Å². The number of hydrogen-bond acceptors (Lipinski definition) is 3. The summed E-state index contributed by atoms with van der Waals surface area (Å²) in [6.45, 7) is 4.14. The molecule has 0 aromatic heterocycles. The summed E-state index contributed by atoms with van der Waals surface area (Å²) in [4.78, 5) is 16.2. The summed E-state index contributed by atoms with van der Waals surface area (Å²) in [6, 6.07) is 17.4. The summed E-state index contributed by atoms with van der Waals surface area (Å²) in [5, 5.41) is 9.42. The molecule has 0 saturated carbocycles. The van der Waals surface area contributed by atoms with Crippen molar-refractivity contribution in [2.75, 3.05) is 33.8 Å². The number of carbonyl (C=O) groups is 1. The van der Waals surface area contributed by atoms with E-state index in [1.807, 2.05) is 30.3 Å². The molecule has 2 aromatic carbocycles. The average Bonchev–Trinajstić information content (AvgIpc) is 2.75. The molecule has 6 nitrogen and oxygen atoms in total. The molecule has 0 heterocycles. The SMILES string of the molecule is CN=C(NCCNC(=O)c1ccccc1)NCCC(C)c1ccc(OC)cc1.I. The molecular weight excluding hydrogens is 479 g/mol. The van der Waals surface area contributed by atoms with Crippen molar-refractivity contribution in [2.24, 2.45) is 4.99 Å². The van der Waals surface area contributed by atoms with Crippen LogP contribution in [0.5, 0.6) is 5.75 Å². The van der Waals surface area contributed by atoms with Gasteiger partial charge in [-0.15, -0.1) is 24.0 Å². The standard InChI is InChI=1S/C22H30N4O2.HI/c1-17(18-9-11-20(28-3)12-10-18)13-14-25-22(23-2)26-16-15-24-21(27)19-7-5-4-6-8-19;/h4-12,17H,13-16H2,1-3H3,(H,24,27)(H2,23,25,26);1H. The van der Waals surface area contributed by atoms with Crippen molar-refractivity contribution < 1.29 is 9.53 Å². The smallest absolute Gasteiger partial charge is 0.251 e. The lowest BCUT2D eigenvalue weighted by Gasteiger charge is -2.15. The third-order valence-corrected chi connectivity index (χ3v) is 4.52. The Morgan fingerprint density at radius 3 is 2.21 bits per heavy atom. The van der Waals surface area contributed by atoms with Crippen LogP contribution in [-0.2, 0) is 0 Å². The normalized spacial score (nSPS) is 11.8. The van der Waals surface area contributed by atoms with Crippen LogP contribution in [0.25, 0.3) is 0 Å². The van der Waals surface area contributed by atoms with Gasteiger partial charge >= 0.3 is 0 Å². The number of guanidine groups is 1. The first kappa shape index (κ1) is 24.7. The number of halogens is 1. The highest BCUT2D eigenvalue weighted by Crippen LogP contribution is 2.21. The second kappa shape index (κ2) is 13.8. The summed E-state index contributed by atoms with van der Waals surface area (Å²) in [7, 11) is 3.42. The van der Waals surface area contributed by atoms with E-state index in [1.165, 1.54) is 5.56 Å². The number of carbonyl (C=O) groups excluding carboxylic acids is 1. The Morgan fingerprint density at radius 1 is 0.966 bits per heavy atom. The Labute approximate surface area is 190 Å². The first-order valence-electron chi connectivity index (χ1n) is 9.55. The van der Waals surface area contributed by atoms with Crippen LogP contribution in [-0.4, -0.2) is 45.7 Å². The number of aliphatic imine (C=N–C) groups is 1. The fourth-order valence-corrected chi connectivity index (χ4v) is 2.78. The zero-order valence-corrected chi connectivity index (χ0v) is 19.6. The molecule has 0 aliphatic carbocycles. The molecule has 0 aliphatic rings. The van der Waals surface area contributed by atoms with Crippen LogP contribution in [0.2, 0.25) is 0 Å². The maximum Gasteiger partial charge on any atom is 0.251 e. The fraction of sp³-hybridized carbons (Fsp3) is 0.364. The van der Waals surface area contributed by atoms with Gasteiger partial charge in [0.25, 0.3) is 5.91 Å². The van der Waals surface area contributed by atoms with Crippen molar-refractivity contribution in [3.05, 3.63) is 65.7 Å². The molecule has 158 valence electrons. The van der Waals surface area contributed by atoms with E-state index in [2.05, 4.69) is 40.0 Å². The van der Waals surface area contributed by atoms with E-state index in [1.54, 1.807) is 26.3 Å². The van der Waals surface area contributed by atoms with Crippen LogP contribution in [0.1, 0.15) is 35.2 Å². The van der Waals surface area contributed by atoms with E-state index >= 15 is 0 Å². The van der Waals surface area contributed by atoms with Gasteiger partial charge in [0, 0.05) is 32.2 Å². The molecule has 0 fully saturated rings. The van der Waals surface area contributed by atoms with Gasteiger partial charge in [0.15, 0.2) is 5.96 Å². The second-order valence-electron chi connectivity index (χ2n) is 6.51. The Hall–Kier alpha value is -2.29. The molecule has 0 spiro atoms. The number of nitrogens with zero attached hydrogens (tertiary/aromatic N) is 1. The Kier molecular flexibility index (Phi) is 11.8. The Bertz CT molecular complexity index is 751. The van der Waals surface area contributed by atoms with Crippen molar-refractivity contribution >= 4 is 35.8 Å². The maximum atomic E-state index is 12.0. The van der Waals surface area contributed by atoms with Crippen LogP contribution in [0.3, 0.4) is 0 Å².